The molecule has 0 spiro atoms. The van der Waals surface area contributed by atoms with Crippen molar-refractivity contribution in [3.63, 3.8) is 0 Å². The van der Waals surface area contributed by atoms with Gasteiger partial charge in [0.15, 0.2) is 11.6 Å². The maximum absolute atomic E-state index is 13.9. The van der Waals surface area contributed by atoms with Crippen LogP contribution in [0.4, 0.5) is 20.2 Å². The van der Waals surface area contributed by atoms with Crippen molar-refractivity contribution in [2.75, 3.05) is 38.2 Å². The van der Waals surface area contributed by atoms with Gasteiger partial charge in [-0.25, -0.2) is 17.2 Å². The quantitative estimate of drug-likeness (QED) is 0.516. The number of hydrogen-bond acceptors (Lipinski definition) is 6. The van der Waals surface area contributed by atoms with Gasteiger partial charge in [0.05, 0.1) is 28.0 Å². The van der Waals surface area contributed by atoms with Gasteiger partial charge in [-0.15, -0.1) is 0 Å². The summed E-state index contributed by atoms with van der Waals surface area (Å²) in [6.45, 7) is 0.302. The SMILES string of the molecule is COc1cc(N2CCN(S(=O)(=O)c3ccc(F)c(Cl)c3)CC2)c([N+](=O)[O-])cc1F. The number of nitro benzene ring substituents is 1. The topological polar surface area (TPSA) is 93.0 Å². The van der Waals surface area contributed by atoms with E-state index in [-0.39, 0.29) is 47.5 Å². The van der Waals surface area contributed by atoms with E-state index in [1.165, 1.54) is 17.5 Å². The number of benzene rings is 2. The number of halogens is 3. The maximum atomic E-state index is 13.9. The Morgan fingerprint density at radius 1 is 1.10 bits per heavy atom. The minimum absolute atomic E-state index is 0.0220. The van der Waals surface area contributed by atoms with E-state index in [0.717, 1.165) is 24.3 Å². The normalized spacial score (nSPS) is 15.4. The highest BCUT2D eigenvalue weighted by Gasteiger charge is 2.32. The number of methoxy groups -OCH3 is 1. The van der Waals surface area contributed by atoms with Crippen molar-refractivity contribution in [2.24, 2.45) is 0 Å². The summed E-state index contributed by atoms with van der Waals surface area (Å²) in [5, 5.41) is 11.0. The number of nitrogens with zero attached hydrogens (tertiary/aromatic N) is 3. The Morgan fingerprint density at radius 3 is 2.31 bits per heavy atom. The summed E-state index contributed by atoms with van der Waals surface area (Å²) in [6, 6.07) is 5.13. The molecule has 1 heterocycles. The highest BCUT2D eigenvalue weighted by Crippen LogP contribution is 2.35. The van der Waals surface area contributed by atoms with Crippen LogP contribution >= 0.6 is 11.6 Å². The zero-order valence-electron chi connectivity index (χ0n) is 15.1. The summed E-state index contributed by atoms with van der Waals surface area (Å²) in [4.78, 5) is 12.0. The third-order valence-electron chi connectivity index (χ3n) is 4.55. The van der Waals surface area contributed by atoms with Crippen LogP contribution in [0.5, 0.6) is 5.75 Å². The number of piperazine rings is 1. The highest BCUT2D eigenvalue weighted by molar-refractivity contribution is 7.89. The van der Waals surface area contributed by atoms with Gasteiger partial charge in [0, 0.05) is 32.2 Å². The minimum Gasteiger partial charge on any atom is -0.494 e. The van der Waals surface area contributed by atoms with Crippen molar-refractivity contribution in [1.29, 1.82) is 0 Å². The van der Waals surface area contributed by atoms with Crippen LogP contribution < -0.4 is 9.64 Å². The molecule has 156 valence electrons. The van der Waals surface area contributed by atoms with Crippen LogP contribution in [0.2, 0.25) is 5.02 Å². The minimum atomic E-state index is -3.92. The Balaban J connectivity index is 1.83. The highest BCUT2D eigenvalue weighted by atomic mass is 35.5. The summed E-state index contributed by atoms with van der Waals surface area (Å²) in [7, 11) is -2.67. The standard InChI is InChI=1S/C17H16ClF2N3O5S/c1-28-17-10-15(16(23(24)25)9-14(17)20)21-4-6-22(7-5-21)29(26,27)11-2-3-13(19)12(18)8-11/h2-3,8-10H,4-7H2,1H3. The van der Waals surface area contributed by atoms with Crippen molar-refractivity contribution in [2.45, 2.75) is 4.90 Å². The molecule has 0 bridgehead atoms. The predicted molar refractivity (Wildman–Crippen MR) is 102 cm³/mol. The first-order chi connectivity index (χ1) is 13.6. The maximum Gasteiger partial charge on any atom is 0.295 e. The predicted octanol–water partition coefficient (Wildman–Crippen LogP) is 3.05. The number of nitro groups is 1. The summed E-state index contributed by atoms with van der Waals surface area (Å²) < 4.78 is 58.8. The van der Waals surface area contributed by atoms with Crippen LogP contribution in [0, 0.1) is 21.7 Å². The van der Waals surface area contributed by atoms with Gasteiger partial charge in [0.2, 0.25) is 10.0 Å². The molecule has 2 aromatic rings. The second kappa shape index (κ2) is 8.09. The largest absolute Gasteiger partial charge is 0.494 e. The fourth-order valence-corrected chi connectivity index (χ4v) is 4.74. The summed E-state index contributed by atoms with van der Waals surface area (Å²) >= 11 is 5.68. The number of hydrogen-bond donors (Lipinski definition) is 0. The van der Waals surface area contributed by atoms with E-state index in [9.17, 15) is 27.3 Å². The third-order valence-corrected chi connectivity index (χ3v) is 6.74. The molecule has 1 fully saturated rings. The molecule has 29 heavy (non-hydrogen) atoms. The Bertz CT molecular complexity index is 1060. The zero-order valence-corrected chi connectivity index (χ0v) is 16.7. The van der Waals surface area contributed by atoms with Crippen LogP contribution in [-0.4, -0.2) is 50.9 Å². The molecule has 0 aliphatic carbocycles. The molecule has 0 aromatic heterocycles. The first-order valence-electron chi connectivity index (χ1n) is 8.37. The van der Waals surface area contributed by atoms with Gasteiger partial charge in [-0.2, -0.15) is 4.31 Å². The molecule has 0 unspecified atom stereocenters. The fraction of sp³-hybridized carbons (Fsp3) is 0.294. The summed E-state index contributed by atoms with van der Waals surface area (Å²) in [5.41, 5.74) is -0.306. The van der Waals surface area contributed by atoms with E-state index in [4.69, 9.17) is 16.3 Å². The van der Waals surface area contributed by atoms with E-state index < -0.39 is 32.3 Å². The summed E-state index contributed by atoms with van der Waals surface area (Å²) in [6.07, 6.45) is 0. The number of ether oxygens (including phenoxy) is 1. The van der Waals surface area contributed by atoms with Crippen molar-refractivity contribution in [1.82, 2.24) is 4.31 Å². The first-order valence-corrected chi connectivity index (χ1v) is 10.2. The Morgan fingerprint density at radius 2 is 1.76 bits per heavy atom. The van der Waals surface area contributed by atoms with E-state index in [2.05, 4.69) is 0 Å². The molecular weight excluding hydrogens is 432 g/mol. The molecule has 8 nitrogen and oxygen atoms in total. The van der Waals surface area contributed by atoms with Crippen LogP contribution in [0.25, 0.3) is 0 Å². The van der Waals surface area contributed by atoms with Crippen molar-refractivity contribution in [3.8, 4) is 5.75 Å². The molecule has 0 atom stereocenters. The van der Waals surface area contributed by atoms with Gasteiger partial charge in [-0.1, -0.05) is 11.6 Å². The average Bonchev–Trinajstić information content (AvgIpc) is 2.69. The molecule has 0 radical (unpaired) electrons. The first kappa shape index (κ1) is 21.2. The lowest BCUT2D eigenvalue weighted by Crippen LogP contribution is -2.48. The van der Waals surface area contributed by atoms with Crippen LogP contribution in [0.15, 0.2) is 35.2 Å². The number of rotatable bonds is 5. The van der Waals surface area contributed by atoms with Gasteiger partial charge < -0.3 is 9.64 Å². The number of sulfonamides is 1. The lowest BCUT2D eigenvalue weighted by atomic mass is 10.2. The van der Waals surface area contributed by atoms with Gasteiger partial charge in [0.25, 0.3) is 5.69 Å². The van der Waals surface area contributed by atoms with Gasteiger partial charge in [0.1, 0.15) is 11.5 Å². The lowest BCUT2D eigenvalue weighted by molar-refractivity contribution is -0.384. The lowest BCUT2D eigenvalue weighted by Gasteiger charge is -2.35. The molecule has 1 saturated heterocycles. The van der Waals surface area contributed by atoms with Crippen molar-refractivity contribution in [3.05, 3.63) is 57.1 Å². The Hall–Kier alpha value is -2.50. The van der Waals surface area contributed by atoms with Crippen LogP contribution in [-0.2, 0) is 10.0 Å². The van der Waals surface area contributed by atoms with Crippen LogP contribution in [0.3, 0.4) is 0 Å². The molecule has 0 saturated carbocycles. The molecule has 12 heteroatoms. The zero-order chi connectivity index (χ0) is 21.3. The molecule has 2 aromatic carbocycles. The Labute approximate surface area is 170 Å². The smallest absolute Gasteiger partial charge is 0.295 e. The van der Waals surface area contributed by atoms with E-state index in [1.807, 2.05) is 0 Å². The second-order valence-electron chi connectivity index (χ2n) is 6.20. The monoisotopic (exact) mass is 447 g/mol. The molecule has 1 aliphatic heterocycles. The molecule has 0 N–H and O–H groups in total. The van der Waals surface area contributed by atoms with E-state index in [1.54, 1.807) is 4.90 Å². The second-order valence-corrected chi connectivity index (χ2v) is 8.54. The third kappa shape index (κ3) is 4.11. The fourth-order valence-electron chi connectivity index (χ4n) is 3.04. The molecular formula is C17H16ClF2N3O5S. The van der Waals surface area contributed by atoms with Gasteiger partial charge in [-0.3, -0.25) is 10.1 Å². The molecule has 1 aliphatic rings. The molecule has 3 rings (SSSR count). The molecule has 0 amide bonds. The van der Waals surface area contributed by atoms with Gasteiger partial charge in [-0.05, 0) is 18.2 Å². The van der Waals surface area contributed by atoms with Crippen molar-refractivity contribution < 1.29 is 26.9 Å². The average molecular weight is 448 g/mol. The van der Waals surface area contributed by atoms with Crippen LogP contribution in [0.1, 0.15) is 0 Å². The van der Waals surface area contributed by atoms with E-state index >= 15 is 0 Å². The van der Waals surface area contributed by atoms with E-state index in [0.29, 0.717) is 0 Å². The summed E-state index contributed by atoms with van der Waals surface area (Å²) in [5.74, 6) is -1.74. The Kier molecular flexibility index (Phi) is 5.92. The van der Waals surface area contributed by atoms with Crippen molar-refractivity contribution >= 4 is 33.0 Å². The van der Waals surface area contributed by atoms with Gasteiger partial charge >= 0.3 is 0 Å². The number of anilines is 1.